The van der Waals surface area contributed by atoms with Gasteiger partial charge >= 0.3 is 5.97 Å². The monoisotopic (exact) mass is 564 g/mol. The predicted molar refractivity (Wildman–Crippen MR) is 131 cm³/mol. The normalized spacial score (nSPS) is 16.1. The molecule has 158 valence electrons. The summed E-state index contributed by atoms with van der Waals surface area (Å²) in [5, 5.41) is 0.469. The summed E-state index contributed by atoms with van der Waals surface area (Å²) >= 11 is 10.0. The van der Waals surface area contributed by atoms with Crippen LogP contribution in [-0.4, -0.2) is 17.1 Å². The van der Waals surface area contributed by atoms with Crippen LogP contribution in [0.2, 0.25) is 5.02 Å². The molecule has 0 aliphatic carbocycles. The molecular formula is C23H18ClIN2O3S. The molecule has 0 unspecified atom stereocenters. The number of rotatable bonds is 4. The summed E-state index contributed by atoms with van der Waals surface area (Å²) in [6.07, 6.45) is 1.85. The van der Waals surface area contributed by atoms with Crippen molar-refractivity contribution in [3.8, 4) is 0 Å². The van der Waals surface area contributed by atoms with Gasteiger partial charge in [0.15, 0.2) is 4.80 Å². The SMILES string of the molecule is CCOC(=O)C1=C(C)N=c2s/c(=C/c3cccc(I)c3)c(=O)n2[C@@H]1c1ccccc1Cl. The number of ether oxygens (including phenoxy) is 1. The van der Waals surface area contributed by atoms with E-state index < -0.39 is 12.0 Å². The minimum atomic E-state index is -0.706. The molecule has 31 heavy (non-hydrogen) atoms. The number of aromatic nitrogens is 1. The lowest BCUT2D eigenvalue weighted by molar-refractivity contribution is -0.139. The van der Waals surface area contributed by atoms with Gasteiger partial charge in [0.1, 0.15) is 6.04 Å². The Kier molecular flexibility index (Phi) is 6.45. The standard InChI is InChI=1S/C23H18ClIN2O3S/c1-3-30-22(29)19-13(2)26-23-27(20(19)16-9-4-5-10-17(16)24)21(28)18(31-23)12-14-7-6-8-15(25)11-14/h4-12,20H,3H2,1-2H3/b18-12+/t20-/m1/s1. The largest absolute Gasteiger partial charge is 0.463 e. The van der Waals surface area contributed by atoms with E-state index in [4.69, 9.17) is 16.3 Å². The Hall–Kier alpha value is -2.23. The summed E-state index contributed by atoms with van der Waals surface area (Å²) < 4.78 is 8.45. The average Bonchev–Trinajstić information content (AvgIpc) is 3.02. The number of allylic oxidation sites excluding steroid dienone is 1. The van der Waals surface area contributed by atoms with E-state index in [0.717, 1.165) is 9.13 Å². The first-order chi connectivity index (χ1) is 14.9. The summed E-state index contributed by atoms with van der Waals surface area (Å²) in [6, 6.07) is 14.4. The van der Waals surface area contributed by atoms with Gasteiger partial charge in [-0.15, -0.1) is 0 Å². The minimum absolute atomic E-state index is 0.221. The van der Waals surface area contributed by atoms with Gasteiger partial charge in [0, 0.05) is 8.59 Å². The van der Waals surface area contributed by atoms with Crippen molar-refractivity contribution in [3.63, 3.8) is 0 Å². The minimum Gasteiger partial charge on any atom is -0.463 e. The van der Waals surface area contributed by atoms with Crippen LogP contribution in [0, 0.1) is 3.57 Å². The highest BCUT2D eigenvalue weighted by atomic mass is 127. The van der Waals surface area contributed by atoms with Gasteiger partial charge in [0.05, 0.1) is 22.4 Å². The van der Waals surface area contributed by atoms with Crippen molar-refractivity contribution in [3.05, 3.63) is 99.2 Å². The van der Waals surface area contributed by atoms with E-state index in [0.29, 0.717) is 31.2 Å². The number of carbonyl (C=O) groups is 1. The molecule has 4 rings (SSSR count). The molecule has 0 saturated heterocycles. The van der Waals surface area contributed by atoms with Crippen molar-refractivity contribution in [1.29, 1.82) is 0 Å². The zero-order valence-corrected chi connectivity index (χ0v) is 20.5. The third-order valence-corrected chi connectivity index (χ3v) is 6.86. The Morgan fingerprint density at radius 2 is 2.06 bits per heavy atom. The van der Waals surface area contributed by atoms with Gasteiger partial charge in [-0.1, -0.05) is 53.3 Å². The summed E-state index contributed by atoms with van der Waals surface area (Å²) in [6.45, 7) is 3.73. The lowest BCUT2D eigenvalue weighted by atomic mass is 9.96. The molecule has 1 aliphatic heterocycles. The van der Waals surface area contributed by atoms with Crippen LogP contribution < -0.4 is 14.9 Å². The van der Waals surface area contributed by atoms with Crippen molar-refractivity contribution >= 4 is 57.6 Å². The van der Waals surface area contributed by atoms with E-state index >= 15 is 0 Å². The van der Waals surface area contributed by atoms with E-state index in [1.165, 1.54) is 11.3 Å². The summed E-state index contributed by atoms with van der Waals surface area (Å²) in [7, 11) is 0. The molecule has 8 heteroatoms. The first-order valence-electron chi connectivity index (χ1n) is 9.60. The fourth-order valence-electron chi connectivity index (χ4n) is 3.53. The van der Waals surface area contributed by atoms with E-state index in [-0.39, 0.29) is 12.2 Å². The van der Waals surface area contributed by atoms with Crippen LogP contribution in [0.1, 0.15) is 31.0 Å². The molecule has 0 fully saturated rings. The van der Waals surface area contributed by atoms with Crippen molar-refractivity contribution in [2.45, 2.75) is 19.9 Å². The summed E-state index contributed by atoms with van der Waals surface area (Å²) in [4.78, 5) is 31.4. The fraction of sp³-hybridized carbons (Fsp3) is 0.174. The molecular weight excluding hydrogens is 547 g/mol. The van der Waals surface area contributed by atoms with Gasteiger partial charge in [-0.3, -0.25) is 9.36 Å². The van der Waals surface area contributed by atoms with Crippen LogP contribution in [0.15, 0.2) is 69.6 Å². The molecule has 1 aliphatic rings. The molecule has 0 spiro atoms. The molecule has 2 heterocycles. The number of hydrogen-bond acceptors (Lipinski definition) is 5. The third kappa shape index (κ3) is 4.26. The Bertz CT molecular complexity index is 1390. The van der Waals surface area contributed by atoms with Crippen LogP contribution in [0.3, 0.4) is 0 Å². The molecule has 1 atom stereocenters. The summed E-state index contributed by atoms with van der Waals surface area (Å²) in [5.74, 6) is -0.499. The molecule has 0 saturated carbocycles. The maximum Gasteiger partial charge on any atom is 0.338 e. The number of halogens is 2. The molecule has 0 amide bonds. The molecule has 0 radical (unpaired) electrons. The maximum atomic E-state index is 13.5. The highest BCUT2D eigenvalue weighted by Crippen LogP contribution is 2.34. The van der Waals surface area contributed by atoms with Gasteiger partial charge in [0.25, 0.3) is 5.56 Å². The number of carbonyl (C=O) groups excluding carboxylic acids is 1. The molecule has 3 aromatic rings. The van der Waals surface area contributed by atoms with E-state index in [1.807, 2.05) is 48.5 Å². The number of fused-ring (bicyclic) bond motifs is 1. The smallest absolute Gasteiger partial charge is 0.338 e. The number of hydrogen-bond donors (Lipinski definition) is 0. The van der Waals surface area contributed by atoms with E-state index in [1.54, 1.807) is 24.5 Å². The van der Waals surface area contributed by atoms with Crippen LogP contribution >= 0.6 is 45.5 Å². The lowest BCUT2D eigenvalue weighted by Gasteiger charge is -2.25. The highest BCUT2D eigenvalue weighted by molar-refractivity contribution is 14.1. The molecule has 5 nitrogen and oxygen atoms in total. The third-order valence-electron chi connectivity index (χ3n) is 4.86. The molecule has 1 aromatic heterocycles. The van der Waals surface area contributed by atoms with Crippen LogP contribution in [-0.2, 0) is 9.53 Å². The summed E-state index contributed by atoms with van der Waals surface area (Å²) in [5.41, 5.74) is 2.20. The Balaban J connectivity index is 1.99. The maximum absolute atomic E-state index is 13.5. The molecule has 2 aromatic carbocycles. The van der Waals surface area contributed by atoms with Gasteiger partial charge in [-0.2, -0.15) is 0 Å². The predicted octanol–water partition coefficient (Wildman–Crippen LogP) is 4.06. The first kappa shape index (κ1) is 22.0. The van der Waals surface area contributed by atoms with Crippen LogP contribution in [0.5, 0.6) is 0 Å². The van der Waals surface area contributed by atoms with Gasteiger partial charge in [-0.05, 0) is 71.8 Å². The Labute approximate surface area is 201 Å². The van der Waals surface area contributed by atoms with E-state index in [9.17, 15) is 9.59 Å². The van der Waals surface area contributed by atoms with Gasteiger partial charge < -0.3 is 4.74 Å². The van der Waals surface area contributed by atoms with Crippen LogP contribution in [0.25, 0.3) is 6.08 Å². The highest BCUT2D eigenvalue weighted by Gasteiger charge is 2.34. The zero-order valence-electron chi connectivity index (χ0n) is 16.8. The topological polar surface area (TPSA) is 60.7 Å². The number of esters is 1. The molecule has 0 bridgehead atoms. The van der Waals surface area contributed by atoms with Crippen LogP contribution in [0.4, 0.5) is 0 Å². The van der Waals surface area contributed by atoms with Gasteiger partial charge in [0.2, 0.25) is 0 Å². The Morgan fingerprint density at radius 1 is 1.29 bits per heavy atom. The zero-order chi connectivity index (χ0) is 22.1. The second kappa shape index (κ2) is 9.10. The number of nitrogens with zero attached hydrogens (tertiary/aromatic N) is 2. The number of thiazole rings is 1. The first-order valence-corrected chi connectivity index (χ1v) is 11.9. The quantitative estimate of drug-likeness (QED) is 0.355. The molecule has 0 N–H and O–H groups in total. The van der Waals surface area contributed by atoms with Crippen molar-refractivity contribution in [2.24, 2.45) is 4.99 Å². The second-order valence-corrected chi connectivity index (χ2v) is 9.54. The van der Waals surface area contributed by atoms with Gasteiger partial charge in [-0.25, -0.2) is 9.79 Å². The lowest BCUT2D eigenvalue weighted by Crippen LogP contribution is -2.40. The van der Waals surface area contributed by atoms with Crippen molar-refractivity contribution in [1.82, 2.24) is 4.57 Å². The second-order valence-electron chi connectivity index (χ2n) is 6.88. The van der Waals surface area contributed by atoms with Crippen molar-refractivity contribution < 1.29 is 9.53 Å². The fourth-order valence-corrected chi connectivity index (χ4v) is 5.38. The van der Waals surface area contributed by atoms with Crippen molar-refractivity contribution in [2.75, 3.05) is 6.61 Å². The number of benzene rings is 2. The van der Waals surface area contributed by atoms with E-state index in [2.05, 4.69) is 27.6 Å². The Morgan fingerprint density at radius 3 is 2.77 bits per heavy atom. The average molecular weight is 565 g/mol.